The van der Waals surface area contributed by atoms with Gasteiger partial charge in [0.15, 0.2) is 5.78 Å². The van der Waals surface area contributed by atoms with Gasteiger partial charge in [-0.25, -0.2) is 4.79 Å². The molecule has 0 saturated carbocycles. The van der Waals surface area contributed by atoms with Crippen molar-refractivity contribution >= 4 is 39.1 Å². The van der Waals surface area contributed by atoms with Crippen LogP contribution in [0.3, 0.4) is 0 Å². The highest BCUT2D eigenvalue weighted by molar-refractivity contribution is 9.09. The van der Waals surface area contributed by atoms with E-state index >= 15 is 0 Å². The number of ketones is 1. The van der Waals surface area contributed by atoms with E-state index in [-0.39, 0.29) is 11.9 Å². The van der Waals surface area contributed by atoms with Gasteiger partial charge in [-0.05, 0) is 39.3 Å². The molecule has 2 saturated heterocycles. The van der Waals surface area contributed by atoms with E-state index in [1.54, 1.807) is 4.90 Å². The van der Waals surface area contributed by atoms with Crippen LogP contribution in [0, 0.1) is 5.92 Å². The predicted molar refractivity (Wildman–Crippen MR) is 96.0 cm³/mol. The van der Waals surface area contributed by atoms with Crippen LogP contribution in [0.1, 0.15) is 41.7 Å². The Morgan fingerprint density at radius 1 is 1.46 bits per heavy atom. The summed E-state index contributed by atoms with van der Waals surface area (Å²) in [4.78, 5) is 27.8. The summed E-state index contributed by atoms with van der Waals surface area (Å²) in [5, 5.41) is 0.313. The van der Waals surface area contributed by atoms with Crippen LogP contribution in [0.5, 0.6) is 0 Å². The number of fused-ring (bicyclic) bond motifs is 2. The molecule has 24 heavy (non-hydrogen) atoms. The maximum atomic E-state index is 12.5. The van der Waals surface area contributed by atoms with Crippen LogP contribution in [-0.4, -0.2) is 47.4 Å². The Balaban J connectivity index is 1.81. The van der Waals surface area contributed by atoms with Crippen molar-refractivity contribution in [1.82, 2.24) is 4.90 Å². The number of hydrogen-bond donors (Lipinski definition) is 0. The van der Waals surface area contributed by atoms with Crippen molar-refractivity contribution in [2.45, 2.75) is 38.4 Å². The third-order valence-corrected chi connectivity index (χ3v) is 6.06. The molecular weight excluding hydrogens is 394 g/mol. The average molecular weight is 416 g/mol. The van der Waals surface area contributed by atoms with Crippen LogP contribution in [-0.2, 0) is 15.1 Å². The molecule has 2 aliphatic rings. The molecule has 3 heterocycles. The summed E-state index contributed by atoms with van der Waals surface area (Å²) in [5.41, 5.74) is -1.02. The van der Waals surface area contributed by atoms with E-state index in [0.717, 1.165) is 16.2 Å². The highest BCUT2D eigenvalue weighted by atomic mass is 79.9. The molecule has 0 N–H and O–H groups in total. The molecule has 1 aromatic heterocycles. The topological polar surface area (TPSA) is 55.8 Å². The van der Waals surface area contributed by atoms with E-state index < -0.39 is 11.2 Å². The molecule has 1 aromatic rings. The van der Waals surface area contributed by atoms with Crippen LogP contribution in [0.2, 0.25) is 0 Å². The van der Waals surface area contributed by atoms with E-state index in [9.17, 15) is 9.59 Å². The lowest BCUT2D eigenvalue weighted by Crippen LogP contribution is -2.49. The summed E-state index contributed by atoms with van der Waals surface area (Å²) in [5.74, 6) is 0.376. The normalized spacial score (nSPS) is 26.5. The van der Waals surface area contributed by atoms with Crippen molar-refractivity contribution in [3.63, 3.8) is 0 Å². The van der Waals surface area contributed by atoms with Crippen molar-refractivity contribution < 1.29 is 19.1 Å². The van der Waals surface area contributed by atoms with Gasteiger partial charge >= 0.3 is 6.09 Å². The minimum atomic E-state index is -0.514. The second-order valence-electron chi connectivity index (χ2n) is 7.46. The first-order valence-corrected chi connectivity index (χ1v) is 9.97. The molecular formula is C17H22BrNO4S. The second kappa shape index (κ2) is 6.42. The smallest absolute Gasteiger partial charge is 0.410 e. The fraction of sp³-hybridized carbons (Fsp3) is 0.647. The number of rotatable bonds is 3. The molecule has 2 aliphatic heterocycles. The third kappa shape index (κ3) is 3.53. The van der Waals surface area contributed by atoms with E-state index in [4.69, 9.17) is 9.47 Å². The Bertz CT molecular complexity index is 653. The minimum Gasteiger partial charge on any atom is -0.444 e. The van der Waals surface area contributed by atoms with E-state index in [0.29, 0.717) is 30.9 Å². The Kier molecular flexibility index (Phi) is 4.79. The summed E-state index contributed by atoms with van der Waals surface area (Å²) in [6, 6.07) is 3.81. The Hall–Kier alpha value is -0.920. The SMILES string of the molecule is CC(C)(C)OC(=O)N1CC2COC(c3ccc(C(=O)CBr)s3)(C2)C1. The lowest BCUT2D eigenvalue weighted by Gasteiger charge is -2.38. The number of carbonyl (C=O) groups is 2. The molecule has 0 aliphatic carbocycles. The lowest BCUT2D eigenvalue weighted by molar-refractivity contribution is -0.0332. The predicted octanol–water partition coefficient (Wildman–Crippen LogP) is 3.81. The molecule has 0 spiro atoms. The highest BCUT2D eigenvalue weighted by Crippen LogP contribution is 2.46. The molecule has 0 aromatic carbocycles. The van der Waals surface area contributed by atoms with Crippen LogP contribution in [0.25, 0.3) is 0 Å². The first kappa shape index (κ1) is 17.9. The maximum absolute atomic E-state index is 12.5. The zero-order chi connectivity index (χ0) is 17.5. The number of alkyl halides is 1. The van der Waals surface area contributed by atoms with Gasteiger partial charge in [-0.15, -0.1) is 11.3 Å². The van der Waals surface area contributed by atoms with Crippen molar-refractivity contribution in [3.05, 3.63) is 21.9 Å². The number of likely N-dealkylation sites (tertiary alicyclic amines) is 1. The third-order valence-electron chi connectivity index (χ3n) is 4.24. The van der Waals surface area contributed by atoms with Crippen LogP contribution in [0.15, 0.2) is 12.1 Å². The van der Waals surface area contributed by atoms with Gasteiger partial charge in [0.1, 0.15) is 11.2 Å². The van der Waals surface area contributed by atoms with Crippen molar-refractivity contribution in [3.8, 4) is 0 Å². The van der Waals surface area contributed by atoms with Gasteiger partial charge in [-0.2, -0.15) is 0 Å². The van der Waals surface area contributed by atoms with Crippen LogP contribution in [0.4, 0.5) is 4.79 Å². The number of ether oxygens (including phenoxy) is 2. The van der Waals surface area contributed by atoms with Crippen molar-refractivity contribution in [2.24, 2.45) is 5.92 Å². The monoisotopic (exact) mass is 415 g/mol. The number of Topliss-reactive ketones (excluding diaryl/α,β-unsaturated/α-hetero) is 1. The number of halogens is 1. The molecule has 2 unspecified atom stereocenters. The molecule has 5 nitrogen and oxygen atoms in total. The number of hydrogen-bond acceptors (Lipinski definition) is 5. The zero-order valence-electron chi connectivity index (χ0n) is 14.1. The summed E-state index contributed by atoms with van der Waals surface area (Å²) >= 11 is 4.67. The fourth-order valence-corrected chi connectivity index (χ4v) is 4.86. The van der Waals surface area contributed by atoms with E-state index in [1.165, 1.54) is 11.3 Å². The van der Waals surface area contributed by atoms with Gasteiger partial charge in [0, 0.05) is 17.3 Å². The second-order valence-corrected chi connectivity index (χ2v) is 9.10. The van der Waals surface area contributed by atoms with Gasteiger partial charge in [0.05, 0.1) is 23.4 Å². The first-order chi connectivity index (χ1) is 11.2. The molecule has 2 bridgehead atoms. The summed E-state index contributed by atoms with van der Waals surface area (Å²) in [6.45, 7) is 7.38. The zero-order valence-corrected chi connectivity index (χ0v) is 16.5. The standard InChI is InChI=1S/C17H22BrNO4S/c1-16(2,3)23-15(21)19-8-11-6-17(10-19,22-9-11)14-5-4-13(24-14)12(20)7-18/h4-5,11H,6-10H2,1-3H3. The van der Waals surface area contributed by atoms with Crippen molar-refractivity contribution in [1.29, 1.82) is 0 Å². The van der Waals surface area contributed by atoms with Crippen LogP contribution < -0.4 is 0 Å². The Labute approximate surface area is 154 Å². The lowest BCUT2D eigenvalue weighted by atomic mass is 9.88. The fourth-order valence-electron chi connectivity index (χ4n) is 3.29. The molecule has 7 heteroatoms. The van der Waals surface area contributed by atoms with Gasteiger partial charge in [0.2, 0.25) is 0 Å². The quantitative estimate of drug-likeness (QED) is 0.556. The number of nitrogens with zero attached hydrogens (tertiary/aromatic N) is 1. The molecule has 2 fully saturated rings. The largest absolute Gasteiger partial charge is 0.444 e. The van der Waals surface area contributed by atoms with Gasteiger partial charge in [0.25, 0.3) is 0 Å². The molecule has 2 atom stereocenters. The van der Waals surface area contributed by atoms with Gasteiger partial charge in [-0.1, -0.05) is 15.9 Å². The Morgan fingerprint density at radius 2 is 2.21 bits per heavy atom. The Morgan fingerprint density at radius 3 is 2.88 bits per heavy atom. The average Bonchev–Trinajstić information content (AvgIpc) is 3.11. The van der Waals surface area contributed by atoms with E-state index in [1.807, 2.05) is 32.9 Å². The van der Waals surface area contributed by atoms with Gasteiger partial charge in [-0.3, -0.25) is 4.79 Å². The molecule has 3 rings (SSSR count). The molecule has 0 radical (unpaired) electrons. The van der Waals surface area contributed by atoms with Gasteiger partial charge < -0.3 is 14.4 Å². The first-order valence-electron chi connectivity index (χ1n) is 8.04. The summed E-state index contributed by atoms with van der Waals surface area (Å²) in [7, 11) is 0. The minimum absolute atomic E-state index is 0.0667. The molecule has 1 amide bonds. The number of thiophene rings is 1. The number of amides is 1. The number of piperidine rings is 1. The molecule has 132 valence electrons. The van der Waals surface area contributed by atoms with Crippen molar-refractivity contribution in [2.75, 3.05) is 25.0 Å². The summed E-state index contributed by atoms with van der Waals surface area (Å²) < 4.78 is 11.6. The van der Waals surface area contributed by atoms with Crippen LogP contribution >= 0.6 is 27.3 Å². The highest BCUT2D eigenvalue weighted by Gasteiger charge is 2.50. The van der Waals surface area contributed by atoms with E-state index in [2.05, 4.69) is 15.9 Å². The number of carbonyl (C=O) groups excluding carboxylic acids is 2. The maximum Gasteiger partial charge on any atom is 0.410 e. The summed E-state index contributed by atoms with van der Waals surface area (Å²) in [6.07, 6.45) is 0.588.